The number of aromatic nitrogens is 1. The maximum absolute atomic E-state index is 14.6. The quantitative estimate of drug-likeness (QED) is 0.143. The molecule has 1 aromatic heterocycles. The van der Waals surface area contributed by atoms with Crippen molar-refractivity contribution in [1.29, 1.82) is 0 Å². The van der Waals surface area contributed by atoms with Crippen molar-refractivity contribution in [3.8, 4) is 50.3 Å². The molecule has 0 radical (unpaired) electrons. The first-order chi connectivity index (χ1) is 34.7. The zero-order valence-electron chi connectivity index (χ0n) is 38.3. The van der Waals surface area contributed by atoms with E-state index in [0.29, 0.717) is 0 Å². The van der Waals surface area contributed by atoms with Gasteiger partial charge in [-0.25, -0.2) is 4.39 Å². The van der Waals surface area contributed by atoms with Gasteiger partial charge in [-0.15, -0.1) is 0 Å². The lowest BCUT2D eigenvalue weighted by Crippen LogP contribution is -2.28. The molecule has 13 rings (SSSR count). The van der Waals surface area contributed by atoms with Crippen LogP contribution in [0.4, 0.5) is 32.8 Å². The third-order valence-corrected chi connectivity index (χ3v) is 14.2. The Labute approximate surface area is 407 Å². The van der Waals surface area contributed by atoms with Crippen LogP contribution in [-0.4, -0.2) is 10.6 Å². The van der Waals surface area contributed by atoms with Crippen LogP contribution in [0.25, 0.3) is 72.0 Å². The number of hydrogen-bond donors (Lipinski definition) is 0. The second-order valence-corrected chi connectivity index (χ2v) is 18.2. The van der Waals surface area contributed by atoms with Crippen molar-refractivity contribution < 1.29 is 4.39 Å². The molecule has 0 amide bonds. The van der Waals surface area contributed by atoms with Crippen LogP contribution in [0, 0.1) is 5.82 Å². The summed E-state index contributed by atoms with van der Waals surface area (Å²) in [5.74, 6) is -0.0458. The Kier molecular flexibility index (Phi) is 10.2. The van der Waals surface area contributed by atoms with Gasteiger partial charge in [0.05, 0.1) is 17.3 Å². The summed E-state index contributed by atoms with van der Waals surface area (Å²) in [7, 11) is 0. The first kappa shape index (κ1) is 41.2. The van der Waals surface area contributed by atoms with Crippen LogP contribution in [0.3, 0.4) is 0 Å². The van der Waals surface area contributed by atoms with Crippen LogP contribution in [0.15, 0.2) is 267 Å². The summed E-state index contributed by atoms with van der Waals surface area (Å²) in [6.07, 6.45) is 9.05. The Morgan fingerprint density at radius 2 is 0.943 bits per heavy atom. The average molecular weight is 900 g/mol. The summed E-state index contributed by atoms with van der Waals surface area (Å²) in [5, 5.41) is 3.39. The highest BCUT2D eigenvalue weighted by molar-refractivity contribution is 6.20. The minimum Gasteiger partial charge on any atom is -0.333 e. The van der Waals surface area contributed by atoms with Crippen LogP contribution in [0.1, 0.15) is 11.5 Å². The molecule has 0 saturated carbocycles. The number of halogens is 1. The summed E-state index contributed by atoms with van der Waals surface area (Å²) >= 11 is 0. The first-order valence-electron chi connectivity index (χ1n) is 24.0. The molecule has 0 N–H and O–H groups in total. The van der Waals surface area contributed by atoms with Crippen molar-refractivity contribution in [3.63, 3.8) is 0 Å². The van der Waals surface area contributed by atoms with E-state index in [-0.39, 0.29) is 17.8 Å². The highest BCUT2D eigenvalue weighted by Crippen LogP contribution is 2.51. The van der Waals surface area contributed by atoms with Gasteiger partial charge in [0, 0.05) is 56.4 Å². The molecule has 0 spiro atoms. The number of nitrogens with zero attached hydrogens (tertiary/aromatic N) is 3. The summed E-state index contributed by atoms with van der Waals surface area (Å²) in [6.45, 7) is 0. The number of benzene rings is 10. The second-order valence-electron chi connectivity index (χ2n) is 18.2. The third-order valence-electron chi connectivity index (χ3n) is 14.2. The summed E-state index contributed by atoms with van der Waals surface area (Å²) < 4.78 is 17.0. The van der Waals surface area contributed by atoms with Gasteiger partial charge in [-0.2, -0.15) is 0 Å². The van der Waals surface area contributed by atoms with Gasteiger partial charge in [0.15, 0.2) is 0 Å². The smallest absolute Gasteiger partial charge is 0.123 e. The molecule has 10 aromatic carbocycles. The van der Waals surface area contributed by atoms with Gasteiger partial charge in [0.25, 0.3) is 0 Å². The lowest BCUT2D eigenvalue weighted by Gasteiger charge is -2.28. The van der Waals surface area contributed by atoms with Crippen LogP contribution < -0.4 is 9.80 Å². The molecule has 2 atom stereocenters. The predicted molar refractivity (Wildman–Crippen MR) is 291 cm³/mol. The lowest BCUT2D eigenvalue weighted by molar-refractivity contribution is 0.627. The van der Waals surface area contributed by atoms with Crippen molar-refractivity contribution in [3.05, 3.63) is 278 Å². The summed E-state index contributed by atoms with van der Waals surface area (Å²) in [6, 6.07) is 85.8. The van der Waals surface area contributed by atoms with Crippen LogP contribution in [-0.2, 0) is 0 Å². The molecule has 70 heavy (non-hydrogen) atoms. The van der Waals surface area contributed by atoms with Crippen LogP contribution in [0.5, 0.6) is 0 Å². The first-order valence-corrected chi connectivity index (χ1v) is 24.0. The molecule has 2 heterocycles. The van der Waals surface area contributed by atoms with Gasteiger partial charge < -0.3 is 14.4 Å². The Morgan fingerprint density at radius 1 is 0.400 bits per heavy atom. The van der Waals surface area contributed by atoms with Crippen molar-refractivity contribution in [2.75, 3.05) is 9.80 Å². The van der Waals surface area contributed by atoms with Crippen molar-refractivity contribution >= 4 is 50.1 Å². The van der Waals surface area contributed by atoms with Gasteiger partial charge in [0.2, 0.25) is 0 Å². The van der Waals surface area contributed by atoms with Crippen LogP contribution in [0.2, 0.25) is 0 Å². The van der Waals surface area contributed by atoms with Crippen molar-refractivity contribution in [1.82, 2.24) is 4.57 Å². The molecule has 1 aliphatic heterocycles. The SMILES string of the molecule is Fc1ccc(-n2c(-c3ccccc3)c(-c3ccccc3)c3cc(-c4ccc(N(c5ccc(-c6ccccc6)cc5)c5ccc6c(c5)C5C=CC=CC5N6c5ccccc5)cc4)c4ccccc4c32)cc1. The van der Waals surface area contributed by atoms with Gasteiger partial charge >= 0.3 is 0 Å². The van der Waals surface area contributed by atoms with Crippen LogP contribution >= 0.6 is 0 Å². The second kappa shape index (κ2) is 17.3. The molecular weight excluding hydrogens is 854 g/mol. The molecule has 0 bridgehead atoms. The number of fused-ring (bicyclic) bond motifs is 6. The molecule has 2 unspecified atom stereocenters. The summed E-state index contributed by atoms with van der Waals surface area (Å²) in [5.41, 5.74) is 18.0. The number of anilines is 5. The Balaban J connectivity index is 0.988. The van der Waals surface area contributed by atoms with E-state index in [1.807, 2.05) is 12.1 Å². The topological polar surface area (TPSA) is 11.4 Å². The molecule has 0 saturated heterocycles. The lowest BCUT2D eigenvalue weighted by atomic mass is 9.91. The molecule has 4 heteroatoms. The number of para-hydroxylation sites is 1. The predicted octanol–water partition coefficient (Wildman–Crippen LogP) is 17.8. The fourth-order valence-corrected chi connectivity index (χ4v) is 11.0. The normalized spacial score (nSPS) is 14.8. The van der Waals surface area contributed by atoms with E-state index in [9.17, 15) is 4.39 Å². The molecule has 2 aliphatic rings. The Hall–Kier alpha value is -8.99. The van der Waals surface area contributed by atoms with E-state index < -0.39 is 0 Å². The highest BCUT2D eigenvalue weighted by Gasteiger charge is 2.38. The van der Waals surface area contributed by atoms with E-state index >= 15 is 0 Å². The van der Waals surface area contributed by atoms with Crippen molar-refractivity contribution in [2.45, 2.75) is 12.0 Å². The number of hydrogen-bond acceptors (Lipinski definition) is 2. The van der Waals surface area contributed by atoms with Gasteiger partial charge in [-0.3, -0.25) is 0 Å². The Morgan fingerprint density at radius 3 is 1.61 bits per heavy atom. The van der Waals surface area contributed by atoms with E-state index in [1.165, 1.54) is 28.1 Å². The van der Waals surface area contributed by atoms with Gasteiger partial charge in [-0.1, -0.05) is 182 Å². The van der Waals surface area contributed by atoms with E-state index in [0.717, 1.165) is 77.9 Å². The van der Waals surface area contributed by atoms with Gasteiger partial charge in [0.1, 0.15) is 5.82 Å². The molecule has 11 aromatic rings. The zero-order chi connectivity index (χ0) is 46.5. The Bertz CT molecular complexity index is 3750. The molecule has 3 nitrogen and oxygen atoms in total. The van der Waals surface area contributed by atoms with E-state index in [2.05, 4.69) is 257 Å². The highest BCUT2D eigenvalue weighted by atomic mass is 19.1. The van der Waals surface area contributed by atoms with E-state index in [1.54, 1.807) is 12.1 Å². The number of rotatable bonds is 9. The molecule has 332 valence electrons. The number of allylic oxidation sites excluding steroid dienone is 2. The minimum absolute atomic E-state index is 0.196. The monoisotopic (exact) mass is 899 g/mol. The summed E-state index contributed by atoms with van der Waals surface area (Å²) in [4.78, 5) is 4.88. The maximum atomic E-state index is 14.6. The molecule has 1 aliphatic carbocycles. The van der Waals surface area contributed by atoms with Gasteiger partial charge in [-0.05, 0) is 129 Å². The zero-order valence-corrected chi connectivity index (χ0v) is 38.3. The largest absolute Gasteiger partial charge is 0.333 e. The minimum atomic E-state index is -0.263. The van der Waals surface area contributed by atoms with Crippen molar-refractivity contribution in [2.24, 2.45) is 0 Å². The fourth-order valence-electron chi connectivity index (χ4n) is 11.0. The van der Waals surface area contributed by atoms with E-state index in [4.69, 9.17) is 0 Å². The molecular formula is C66H46FN3. The fraction of sp³-hybridized carbons (Fsp3) is 0.0303. The average Bonchev–Trinajstić information content (AvgIpc) is 3.96. The molecule has 0 fully saturated rings. The maximum Gasteiger partial charge on any atom is 0.123 e. The standard InChI is InChI=1S/C66H46FN3/c67-50-33-39-54(40-34-50)70-65(49-21-9-3-10-22-49)64(48-19-7-2-8-20-48)61-44-59(56-25-13-14-27-58(56)66(61)70)47-31-37-53(38-32-47)68(52-35-29-46(30-36-52)45-17-5-1-6-18-45)55-41-42-63-60(43-55)57-26-15-16-28-62(57)69(63)51-23-11-4-12-24-51/h1-44,57,62H. The third kappa shape index (κ3) is 7.03.